The van der Waals surface area contributed by atoms with Gasteiger partial charge in [0, 0.05) is 12.6 Å². The van der Waals surface area contributed by atoms with E-state index >= 15 is 0 Å². The largest absolute Gasteiger partial charge is 0.455 e. The summed E-state index contributed by atoms with van der Waals surface area (Å²) in [5.41, 5.74) is 2.17. The first-order valence-corrected chi connectivity index (χ1v) is 7.77. The summed E-state index contributed by atoms with van der Waals surface area (Å²) in [5, 5.41) is 4.54. The van der Waals surface area contributed by atoms with Crippen LogP contribution in [0.25, 0.3) is 0 Å². The molecule has 0 atom stereocenters. The lowest BCUT2D eigenvalue weighted by Crippen LogP contribution is -2.11. The summed E-state index contributed by atoms with van der Waals surface area (Å²) in [5.74, 6) is 1.25. The third-order valence-corrected chi connectivity index (χ3v) is 4.04. The second-order valence-electron chi connectivity index (χ2n) is 4.68. The van der Waals surface area contributed by atoms with Gasteiger partial charge >= 0.3 is 0 Å². The Balaban J connectivity index is 2.28. The Morgan fingerprint density at radius 3 is 2.38 bits per heavy atom. The van der Waals surface area contributed by atoms with Gasteiger partial charge < -0.3 is 10.1 Å². The number of hydrogen-bond acceptors (Lipinski definition) is 2. The lowest BCUT2D eigenvalue weighted by atomic mass is 10.1. The van der Waals surface area contributed by atoms with Gasteiger partial charge in [-0.2, -0.15) is 0 Å². The quantitative estimate of drug-likeness (QED) is 0.686. The molecule has 0 spiro atoms. The monoisotopic (exact) mass is 343 g/mol. The van der Waals surface area contributed by atoms with Crippen molar-refractivity contribution in [1.82, 2.24) is 5.32 Å². The van der Waals surface area contributed by atoms with Gasteiger partial charge in [-0.25, -0.2) is 0 Å². The molecule has 0 amide bonds. The number of benzene rings is 2. The number of halogens is 3. The maximum Gasteiger partial charge on any atom is 0.147 e. The van der Waals surface area contributed by atoms with Crippen molar-refractivity contribution in [2.75, 3.05) is 6.54 Å². The number of hydrogen-bond donors (Lipinski definition) is 1. The van der Waals surface area contributed by atoms with Gasteiger partial charge in [0.2, 0.25) is 0 Å². The summed E-state index contributed by atoms with van der Waals surface area (Å²) in [4.78, 5) is 0. The van der Waals surface area contributed by atoms with Gasteiger partial charge in [-0.3, -0.25) is 0 Å². The van der Waals surface area contributed by atoms with Crippen LogP contribution >= 0.6 is 34.8 Å². The molecule has 0 saturated carbocycles. The van der Waals surface area contributed by atoms with Crippen LogP contribution in [0.15, 0.2) is 30.3 Å². The van der Waals surface area contributed by atoms with Gasteiger partial charge in [-0.15, -0.1) is 0 Å². The molecule has 0 aliphatic carbocycles. The van der Waals surface area contributed by atoms with Crippen molar-refractivity contribution in [2.24, 2.45) is 0 Å². The summed E-state index contributed by atoms with van der Waals surface area (Å²) in [6.45, 7) is 5.77. The fourth-order valence-corrected chi connectivity index (χ4v) is 2.41. The molecule has 112 valence electrons. The summed E-state index contributed by atoms with van der Waals surface area (Å²) in [6, 6.07) is 9.30. The van der Waals surface area contributed by atoms with E-state index in [1.165, 1.54) is 0 Å². The van der Waals surface area contributed by atoms with Crippen LogP contribution in [0.5, 0.6) is 11.5 Å². The zero-order valence-electron chi connectivity index (χ0n) is 11.8. The molecule has 0 aliphatic heterocycles. The molecule has 21 heavy (non-hydrogen) atoms. The fraction of sp³-hybridized carbons (Fsp3) is 0.250. The highest BCUT2D eigenvalue weighted by Gasteiger charge is 2.10. The van der Waals surface area contributed by atoms with Gasteiger partial charge in [-0.1, -0.05) is 53.9 Å². The Morgan fingerprint density at radius 2 is 1.67 bits per heavy atom. The minimum absolute atomic E-state index is 0.409. The highest BCUT2D eigenvalue weighted by Crippen LogP contribution is 2.37. The van der Waals surface area contributed by atoms with Gasteiger partial charge in [0.1, 0.15) is 11.5 Å². The predicted octanol–water partition coefficient (Wildman–Crippen LogP) is 5.86. The van der Waals surface area contributed by atoms with Crippen LogP contribution in [0, 0.1) is 6.92 Å². The fourth-order valence-electron chi connectivity index (χ4n) is 1.83. The minimum Gasteiger partial charge on any atom is -0.455 e. The highest BCUT2D eigenvalue weighted by atomic mass is 35.5. The molecule has 2 aromatic carbocycles. The molecule has 0 aromatic heterocycles. The third-order valence-electron chi connectivity index (χ3n) is 3.03. The Bertz CT molecular complexity index is 644. The van der Waals surface area contributed by atoms with Crippen LogP contribution in [0.3, 0.4) is 0 Å². The first kappa shape index (κ1) is 16.4. The van der Waals surface area contributed by atoms with Crippen molar-refractivity contribution in [3.63, 3.8) is 0 Å². The highest BCUT2D eigenvalue weighted by molar-refractivity contribution is 6.43. The lowest BCUT2D eigenvalue weighted by Gasteiger charge is -2.13. The number of ether oxygens (including phenoxy) is 1. The SMILES string of the molecule is CCNCc1ccc(C)c(Oc2cc(Cl)c(Cl)cc2Cl)c1. The van der Waals surface area contributed by atoms with E-state index < -0.39 is 0 Å². The molecule has 5 heteroatoms. The first-order chi connectivity index (χ1) is 10.0. The lowest BCUT2D eigenvalue weighted by molar-refractivity contribution is 0.478. The first-order valence-electron chi connectivity index (χ1n) is 6.64. The van der Waals surface area contributed by atoms with E-state index in [0.29, 0.717) is 20.8 Å². The van der Waals surface area contributed by atoms with Crippen molar-refractivity contribution >= 4 is 34.8 Å². The van der Waals surface area contributed by atoms with Crippen LogP contribution in [0.2, 0.25) is 15.1 Å². The molecule has 0 aliphatic rings. The zero-order valence-corrected chi connectivity index (χ0v) is 14.1. The van der Waals surface area contributed by atoms with Crippen LogP contribution in [-0.4, -0.2) is 6.54 Å². The molecular formula is C16H16Cl3NO. The van der Waals surface area contributed by atoms with E-state index in [9.17, 15) is 0 Å². The van der Waals surface area contributed by atoms with Crippen molar-refractivity contribution in [1.29, 1.82) is 0 Å². The number of rotatable bonds is 5. The van der Waals surface area contributed by atoms with E-state index in [4.69, 9.17) is 39.5 Å². The molecular weight excluding hydrogens is 329 g/mol. The summed E-state index contributed by atoms with van der Waals surface area (Å²) >= 11 is 18.1. The second-order valence-corrected chi connectivity index (χ2v) is 5.90. The van der Waals surface area contributed by atoms with Crippen LogP contribution in [0.4, 0.5) is 0 Å². The van der Waals surface area contributed by atoms with E-state index in [-0.39, 0.29) is 0 Å². The minimum atomic E-state index is 0.409. The average Bonchev–Trinajstić information content (AvgIpc) is 2.45. The van der Waals surface area contributed by atoms with E-state index in [0.717, 1.165) is 30.0 Å². The zero-order chi connectivity index (χ0) is 15.4. The van der Waals surface area contributed by atoms with Crippen LogP contribution in [0.1, 0.15) is 18.1 Å². The summed E-state index contributed by atoms with van der Waals surface area (Å²) in [6.07, 6.45) is 0. The molecule has 0 unspecified atom stereocenters. The molecule has 2 nitrogen and oxygen atoms in total. The Labute approximate surface area is 140 Å². The maximum absolute atomic E-state index is 6.15. The van der Waals surface area contributed by atoms with Gasteiger partial charge in [0.25, 0.3) is 0 Å². The van der Waals surface area contributed by atoms with Crippen LogP contribution < -0.4 is 10.1 Å². The van der Waals surface area contributed by atoms with Crippen molar-refractivity contribution in [2.45, 2.75) is 20.4 Å². The molecule has 2 aromatic rings. The van der Waals surface area contributed by atoms with Gasteiger partial charge in [0.15, 0.2) is 0 Å². The Morgan fingerprint density at radius 1 is 0.952 bits per heavy atom. The van der Waals surface area contributed by atoms with Gasteiger partial charge in [0.05, 0.1) is 15.1 Å². The average molecular weight is 345 g/mol. The third kappa shape index (κ3) is 4.27. The molecule has 0 saturated heterocycles. The molecule has 0 radical (unpaired) electrons. The number of nitrogens with one attached hydrogen (secondary N) is 1. The molecule has 0 fully saturated rings. The van der Waals surface area contributed by atoms with E-state index in [2.05, 4.69) is 18.3 Å². The predicted molar refractivity (Wildman–Crippen MR) is 90.1 cm³/mol. The summed E-state index contributed by atoms with van der Waals surface area (Å²) < 4.78 is 5.89. The Hall–Kier alpha value is -0.930. The standard InChI is InChI=1S/C16H16Cl3NO/c1-3-20-9-11-5-4-10(2)15(6-11)21-16-8-13(18)12(17)7-14(16)19/h4-8,20H,3,9H2,1-2H3. The smallest absolute Gasteiger partial charge is 0.147 e. The number of aryl methyl sites for hydroxylation is 1. The molecule has 1 N–H and O–H groups in total. The maximum atomic E-state index is 6.15. The molecule has 0 heterocycles. The second kappa shape index (κ2) is 7.37. The van der Waals surface area contributed by atoms with Crippen LogP contribution in [-0.2, 0) is 6.54 Å². The van der Waals surface area contributed by atoms with Gasteiger partial charge in [-0.05, 0) is 36.7 Å². The summed E-state index contributed by atoms with van der Waals surface area (Å²) in [7, 11) is 0. The van der Waals surface area contributed by atoms with Crippen molar-refractivity contribution in [3.05, 3.63) is 56.5 Å². The van der Waals surface area contributed by atoms with Crippen molar-refractivity contribution < 1.29 is 4.74 Å². The van der Waals surface area contributed by atoms with E-state index in [1.807, 2.05) is 19.1 Å². The van der Waals surface area contributed by atoms with E-state index in [1.54, 1.807) is 12.1 Å². The Kier molecular flexibility index (Phi) is 5.77. The molecule has 2 rings (SSSR count). The topological polar surface area (TPSA) is 21.3 Å². The normalized spacial score (nSPS) is 10.7. The molecule has 0 bridgehead atoms. The van der Waals surface area contributed by atoms with Crippen molar-refractivity contribution in [3.8, 4) is 11.5 Å².